The molecule has 0 bridgehead atoms. The minimum Gasteiger partial charge on any atom is -0.478 e. The van der Waals surface area contributed by atoms with Crippen molar-refractivity contribution in [3.05, 3.63) is 24.3 Å². The number of carboxylic acid groups (broad SMARTS) is 1. The molecule has 0 aliphatic carbocycles. The molecule has 0 aliphatic heterocycles. The zero-order valence-corrected chi connectivity index (χ0v) is 6.64. The van der Waals surface area contributed by atoms with Gasteiger partial charge in [0.15, 0.2) is 12.6 Å². The van der Waals surface area contributed by atoms with E-state index in [4.69, 9.17) is 14.7 Å². The molecule has 0 atom stereocenters. The van der Waals surface area contributed by atoms with E-state index in [1.807, 2.05) is 6.92 Å². The van der Waals surface area contributed by atoms with E-state index in [9.17, 15) is 4.79 Å². The highest BCUT2D eigenvalue weighted by Gasteiger charge is 1.78. The molecule has 0 fully saturated rings. The van der Waals surface area contributed by atoms with Crippen LogP contribution in [0.15, 0.2) is 24.3 Å². The van der Waals surface area contributed by atoms with E-state index in [1.54, 1.807) is 12.2 Å². The SMILES string of the molecule is C/C=C/C=C/C(=O)O.O=CC=O. The Kier molecular flexibility index (Phi) is 12.9. The summed E-state index contributed by atoms with van der Waals surface area (Å²) in [5.74, 6) is -0.914. The first-order valence-corrected chi connectivity index (χ1v) is 3.10. The van der Waals surface area contributed by atoms with Crippen LogP contribution >= 0.6 is 0 Å². The molecule has 66 valence electrons. The molecule has 0 saturated heterocycles. The van der Waals surface area contributed by atoms with E-state index in [2.05, 4.69) is 0 Å². The molecule has 4 heteroatoms. The molecule has 0 aromatic carbocycles. The van der Waals surface area contributed by atoms with Crippen LogP contribution in [0.25, 0.3) is 0 Å². The fourth-order valence-corrected chi connectivity index (χ4v) is 0.249. The van der Waals surface area contributed by atoms with E-state index in [0.29, 0.717) is 0 Å². The van der Waals surface area contributed by atoms with Crippen LogP contribution in [-0.4, -0.2) is 23.6 Å². The summed E-state index contributed by atoms with van der Waals surface area (Å²) in [6, 6.07) is 0. The number of rotatable bonds is 3. The van der Waals surface area contributed by atoms with Gasteiger partial charge in [0.2, 0.25) is 0 Å². The van der Waals surface area contributed by atoms with Crippen molar-refractivity contribution in [3.63, 3.8) is 0 Å². The van der Waals surface area contributed by atoms with Crippen LogP contribution in [0.2, 0.25) is 0 Å². The fourth-order valence-electron chi connectivity index (χ4n) is 0.249. The molecule has 0 unspecified atom stereocenters. The van der Waals surface area contributed by atoms with Crippen molar-refractivity contribution >= 4 is 18.5 Å². The minimum atomic E-state index is -0.914. The Hall–Kier alpha value is -1.71. The third-order valence-corrected chi connectivity index (χ3v) is 0.598. The normalized spacial score (nSPS) is 9.08. The molecule has 0 heterocycles. The highest BCUT2D eigenvalue weighted by Crippen LogP contribution is 1.74. The Morgan fingerprint density at radius 1 is 1.17 bits per heavy atom. The van der Waals surface area contributed by atoms with Crippen LogP contribution < -0.4 is 0 Å². The molecule has 0 rings (SSSR count). The van der Waals surface area contributed by atoms with E-state index in [0.717, 1.165) is 6.08 Å². The van der Waals surface area contributed by atoms with Crippen LogP contribution in [0, 0.1) is 0 Å². The van der Waals surface area contributed by atoms with Crippen molar-refractivity contribution in [2.24, 2.45) is 0 Å². The van der Waals surface area contributed by atoms with E-state index < -0.39 is 5.97 Å². The number of hydrogen-bond acceptors (Lipinski definition) is 3. The number of carbonyl (C=O) groups is 3. The van der Waals surface area contributed by atoms with E-state index in [-0.39, 0.29) is 12.6 Å². The monoisotopic (exact) mass is 170 g/mol. The molecule has 12 heavy (non-hydrogen) atoms. The van der Waals surface area contributed by atoms with Gasteiger partial charge in [-0.2, -0.15) is 0 Å². The van der Waals surface area contributed by atoms with Crippen molar-refractivity contribution in [1.29, 1.82) is 0 Å². The molecule has 0 amide bonds. The highest BCUT2D eigenvalue weighted by molar-refractivity contribution is 6.09. The van der Waals surface area contributed by atoms with Gasteiger partial charge in [-0.3, -0.25) is 9.59 Å². The third kappa shape index (κ3) is 23.9. The van der Waals surface area contributed by atoms with Gasteiger partial charge in [-0.15, -0.1) is 0 Å². The molecular weight excluding hydrogens is 160 g/mol. The molecule has 1 N–H and O–H groups in total. The van der Waals surface area contributed by atoms with Gasteiger partial charge < -0.3 is 5.11 Å². The molecule has 0 aliphatic rings. The lowest BCUT2D eigenvalue weighted by molar-refractivity contribution is -0.131. The first kappa shape index (κ1) is 12.9. The average Bonchev–Trinajstić information content (AvgIpc) is 2.05. The second kappa shape index (κ2) is 12.0. The number of carboxylic acids is 1. The Morgan fingerprint density at radius 2 is 1.67 bits per heavy atom. The Labute approximate surface area is 70.2 Å². The van der Waals surface area contributed by atoms with Crippen LogP contribution in [0.1, 0.15) is 6.92 Å². The standard InChI is InChI=1S/C6H8O2.C2H2O2/c1-2-3-4-5-6(7)8;3-1-2-4/h2-5H,1H3,(H,7,8);1-2H/b3-2+,5-4+;. The van der Waals surface area contributed by atoms with Crippen molar-refractivity contribution in [2.75, 3.05) is 0 Å². The first-order valence-electron chi connectivity index (χ1n) is 3.10. The number of allylic oxidation sites excluding steroid dienone is 3. The minimum absolute atomic E-state index is 0.194. The maximum Gasteiger partial charge on any atom is 0.328 e. The van der Waals surface area contributed by atoms with Crippen LogP contribution in [0.3, 0.4) is 0 Å². The summed E-state index contributed by atoms with van der Waals surface area (Å²) in [4.78, 5) is 27.4. The Bertz CT molecular complexity index is 185. The fraction of sp³-hybridized carbons (Fsp3) is 0.125. The smallest absolute Gasteiger partial charge is 0.328 e. The summed E-state index contributed by atoms with van der Waals surface area (Å²) >= 11 is 0. The van der Waals surface area contributed by atoms with Crippen molar-refractivity contribution in [1.82, 2.24) is 0 Å². The molecule has 0 aromatic rings. The maximum atomic E-state index is 9.75. The van der Waals surface area contributed by atoms with Crippen molar-refractivity contribution < 1.29 is 19.5 Å². The largest absolute Gasteiger partial charge is 0.478 e. The summed E-state index contributed by atoms with van der Waals surface area (Å²) in [7, 11) is 0. The second-order valence-corrected chi connectivity index (χ2v) is 1.50. The molecule has 0 radical (unpaired) electrons. The molecule has 4 nitrogen and oxygen atoms in total. The Balaban J connectivity index is 0. The number of carbonyl (C=O) groups excluding carboxylic acids is 2. The van der Waals surface area contributed by atoms with Crippen LogP contribution in [-0.2, 0) is 14.4 Å². The lowest BCUT2D eigenvalue weighted by Gasteiger charge is -1.72. The number of hydrogen-bond donors (Lipinski definition) is 1. The molecule has 0 aromatic heterocycles. The van der Waals surface area contributed by atoms with Crippen molar-refractivity contribution in [2.45, 2.75) is 6.92 Å². The predicted molar refractivity (Wildman–Crippen MR) is 43.7 cm³/mol. The quantitative estimate of drug-likeness (QED) is 0.291. The second-order valence-electron chi connectivity index (χ2n) is 1.50. The van der Waals surface area contributed by atoms with Gasteiger partial charge in [-0.05, 0) is 6.92 Å². The van der Waals surface area contributed by atoms with Crippen LogP contribution in [0.4, 0.5) is 0 Å². The molecular formula is C8H10O4. The topological polar surface area (TPSA) is 71.4 Å². The van der Waals surface area contributed by atoms with Gasteiger partial charge in [0, 0.05) is 6.08 Å². The first-order chi connectivity index (χ1) is 5.68. The van der Waals surface area contributed by atoms with Gasteiger partial charge in [0.25, 0.3) is 0 Å². The zero-order chi connectivity index (χ0) is 9.82. The molecule has 0 saturated carbocycles. The average molecular weight is 170 g/mol. The van der Waals surface area contributed by atoms with E-state index >= 15 is 0 Å². The highest BCUT2D eigenvalue weighted by atomic mass is 16.4. The summed E-state index contributed by atoms with van der Waals surface area (Å²) < 4.78 is 0. The van der Waals surface area contributed by atoms with Crippen LogP contribution in [0.5, 0.6) is 0 Å². The van der Waals surface area contributed by atoms with E-state index in [1.165, 1.54) is 6.08 Å². The summed E-state index contributed by atoms with van der Waals surface area (Å²) in [6.07, 6.45) is 6.37. The predicted octanol–water partition coefficient (Wildman–Crippen LogP) is 0.588. The third-order valence-electron chi connectivity index (χ3n) is 0.598. The summed E-state index contributed by atoms with van der Waals surface area (Å²) in [5, 5.41) is 8.02. The lowest BCUT2D eigenvalue weighted by Crippen LogP contribution is -1.83. The lowest BCUT2D eigenvalue weighted by atomic mass is 10.4. The number of aliphatic carboxylic acids is 1. The number of aldehydes is 2. The van der Waals surface area contributed by atoms with Crippen molar-refractivity contribution in [3.8, 4) is 0 Å². The van der Waals surface area contributed by atoms with Gasteiger partial charge in [-0.1, -0.05) is 18.2 Å². The summed E-state index contributed by atoms with van der Waals surface area (Å²) in [5.41, 5.74) is 0. The Morgan fingerprint density at radius 3 is 1.92 bits per heavy atom. The summed E-state index contributed by atoms with van der Waals surface area (Å²) in [6.45, 7) is 1.83. The maximum absolute atomic E-state index is 9.75. The van der Waals surface area contributed by atoms with Gasteiger partial charge in [0.1, 0.15) is 0 Å². The zero-order valence-electron chi connectivity index (χ0n) is 6.64. The van der Waals surface area contributed by atoms with Gasteiger partial charge in [-0.25, -0.2) is 4.79 Å². The van der Waals surface area contributed by atoms with Gasteiger partial charge in [0.05, 0.1) is 0 Å². The van der Waals surface area contributed by atoms with Gasteiger partial charge >= 0.3 is 5.97 Å². The molecule has 0 spiro atoms.